The second kappa shape index (κ2) is 5.74. The average Bonchev–Trinajstić information content (AvgIpc) is 2.57. The van der Waals surface area contributed by atoms with Gasteiger partial charge in [0.25, 0.3) is 0 Å². The summed E-state index contributed by atoms with van der Waals surface area (Å²) in [6.07, 6.45) is 0. The van der Waals surface area contributed by atoms with Gasteiger partial charge in [0.15, 0.2) is 0 Å². The highest BCUT2D eigenvalue weighted by Gasteiger charge is 2.15. The third-order valence-electron chi connectivity index (χ3n) is 2.30. The van der Waals surface area contributed by atoms with Gasteiger partial charge in [-0.1, -0.05) is 59.4 Å². The van der Waals surface area contributed by atoms with Gasteiger partial charge >= 0.3 is 0 Å². The van der Waals surface area contributed by atoms with Gasteiger partial charge in [0.1, 0.15) is 0 Å². The minimum absolute atomic E-state index is 0.174. The molecule has 0 radical (unpaired) electrons. The molecule has 5 heteroatoms. The molecule has 1 aromatic heterocycles. The van der Waals surface area contributed by atoms with Crippen LogP contribution < -0.4 is 0 Å². The summed E-state index contributed by atoms with van der Waals surface area (Å²) in [4.78, 5) is 1.39. The molecule has 0 saturated heterocycles. The van der Waals surface area contributed by atoms with E-state index in [0.717, 1.165) is 18.8 Å². The molecular weight excluding hydrogens is 451 g/mol. The summed E-state index contributed by atoms with van der Waals surface area (Å²) in [5.74, 6) is 0. The maximum Gasteiger partial charge on any atom is 0.0960 e. The normalized spacial score (nSPS) is 12.8. The van der Waals surface area contributed by atoms with Crippen molar-refractivity contribution in [2.24, 2.45) is 0 Å². The standard InChI is InChI=1S/C12H8Br3ClS/c1-6-2-10(17-12(6)16)11(15)7-3-8(13)5-9(14)4-7/h2-5,11H,1H3. The Hall–Kier alpha value is 0.650. The number of hydrogen-bond acceptors (Lipinski definition) is 1. The zero-order valence-electron chi connectivity index (χ0n) is 8.81. The van der Waals surface area contributed by atoms with Crippen LogP contribution in [0.15, 0.2) is 33.2 Å². The lowest BCUT2D eigenvalue weighted by atomic mass is 10.1. The van der Waals surface area contributed by atoms with E-state index in [1.165, 1.54) is 10.4 Å². The quantitative estimate of drug-likeness (QED) is 0.438. The molecule has 0 aliphatic rings. The first-order valence-corrected chi connectivity index (χ1v) is 8.53. The van der Waals surface area contributed by atoms with Crippen molar-refractivity contribution in [2.75, 3.05) is 0 Å². The predicted molar refractivity (Wildman–Crippen MR) is 86.7 cm³/mol. The molecule has 1 unspecified atom stereocenters. The van der Waals surface area contributed by atoms with E-state index in [-0.39, 0.29) is 4.83 Å². The van der Waals surface area contributed by atoms with Gasteiger partial charge in [-0.2, -0.15) is 0 Å². The Morgan fingerprint density at radius 1 is 1.12 bits per heavy atom. The summed E-state index contributed by atoms with van der Waals surface area (Å²) in [6.45, 7) is 2.03. The molecular formula is C12H8Br3ClS. The van der Waals surface area contributed by atoms with Gasteiger partial charge in [-0.15, -0.1) is 11.3 Å². The largest absolute Gasteiger partial charge is 0.127 e. The molecule has 0 spiro atoms. The van der Waals surface area contributed by atoms with E-state index in [4.69, 9.17) is 11.6 Å². The van der Waals surface area contributed by atoms with Crippen molar-refractivity contribution < 1.29 is 0 Å². The third-order valence-corrected chi connectivity index (χ3v) is 6.16. The molecule has 17 heavy (non-hydrogen) atoms. The second-order valence-electron chi connectivity index (χ2n) is 3.67. The highest BCUT2D eigenvalue weighted by Crippen LogP contribution is 2.40. The van der Waals surface area contributed by atoms with Crippen molar-refractivity contribution in [2.45, 2.75) is 11.8 Å². The summed E-state index contributed by atoms with van der Waals surface area (Å²) >= 11 is 18.4. The topological polar surface area (TPSA) is 0 Å². The molecule has 2 rings (SSSR count). The lowest BCUT2D eigenvalue weighted by Gasteiger charge is -2.09. The number of thiophene rings is 1. The zero-order chi connectivity index (χ0) is 12.6. The Balaban J connectivity index is 2.39. The van der Waals surface area contributed by atoms with Crippen molar-refractivity contribution in [1.82, 2.24) is 0 Å². The first-order valence-electron chi connectivity index (χ1n) is 4.83. The number of hydrogen-bond donors (Lipinski definition) is 0. The average molecular weight is 459 g/mol. The summed E-state index contributed by atoms with van der Waals surface area (Å²) in [5, 5.41) is 0. The van der Waals surface area contributed by atoms with E-state index >= 15 is 0 Å². The lowest BCUT2D eigenvalue weighted by Crippen LogP contribution is -1.89. The number of alkyl halides is 1. The first kappa shape index (κ1) is 14.1. The van der Waals surface area contributed by atoms with Crippen LogP contribution in [0.4, 0.5) is 0 Å². The molecule has 0 aliphatic heterocycles. The Morgan fingerprint density at radius 3 is 2.18 bits per heavy atom. The zero-order valence-corrected chi connectivity index (χ0v) is 15.1. The molecule has 0 bridgehead atoms. The minimum Gasteiger partial charge on any atom is -0.127 e. The Bertz CT molecular complexity index is 511. The first-order chi connectivity index (χ1) is 7.97. The molecule has 1 heterocycles. The molecule has 2 aromatic rings. The fourth-order valence-electron chi connectivity index (χ4n) is 1.49. The van der Waals surface area contributed by atoms with Crippen LogP contribution >= 0.6 is 70.7 Å². The van der Waals surface area contributed by atoms with Crippen LogP contribution in [0.2, 0.25) is 4.34 Å². The predicted octanol–water partition coefficient (Wildman–Crippen LogP) is 6.72. The Morgan fingerprint density at radius 2 is 1.71 bits per heavy atom. The maximum absolute atomic E-state index is 6.10. The smallest absolute Gasteiger partial charge is 0.0960 e. The lowest BCUT2D eigenvalue weighted by molar-refractivity contribution is 1.21. The van der Waals surface area contributed by atoms with Crippen molar-refractivity contribution in [3.8, 4) is 0 Å². The summed E-state index contributed by atoms with van der Waals surface area (Å²) < 4.78 is 2.98. The van der Waals surface area contributed by atoms with Gasteiger partial charge in [0.2, 0.25) is 0 Å². The van der Waals surface area contributed by atoms with Crippen molar-refractivity contribution in [3.63, 3.8) is 0 Å². The number of halogens is 4. The van der Waals surface area contributed by atoms with Gasteiger partial charge < -0.3 is 0 Å². The van der Waals surface area contributed by atoms with E-state index in [2.05, 4.69) is 66.0 Å². The number of aryl methyl sites for hydroxylation is 1. The SMILES string of the molecule is Cc1cc(C(Br)c2cc(Br)cc(Br)c2)sc1Cl. The van der Waals surface area contributed by atoms with E-state index in [0.29, 0.717) is 0 Å². The summed E-state index contributed by atoms with van der Waals surface area (Å²) in [6, 6.07) is 8.36. The molecule has 1 atom stereocenters. The third kappa shape index (κ3) is 3.35. The van der Waals surface area contributed by atoms with Crippen LogP contribution in [0.1, 0.15) is 20.8 Å². The van der Waals surface area contributed by atoms with Crippen LogP contribution in [-0.4, -0.2) is 0 Å². The Kier molecular flexibility index (Phi) is 4.75. The monoisotopic (exact) mass is 456 g/mol. The minimum atomic E-state index is 0.174. The molecule has 0 nitrogen and oxygen atoms in total. The highest BCUT2D eigenvalue weighted by atomic mass is 79.9. The summed E-state index contributed by atoms with van der Waals surface area (Å²) in [7, 11) is 0. The molecule has 90 valence electrons. The molecule has 0 N–H and O–H groups in total. The van der Waals surface area contributed by atoms with Gasteiger partial charge in [-0.3, -0.25) is 0 Å². The molecule has 1 aromatic carbocycles. The highest BCUT2D eigenvalue weighted by molar-refractivity contribution is 9.11. The number of rotatable bonds is 2. The maximum atomic E-state index is 6.10. The van der Waals surface area contributed by atoms with Crippen LogP contribution in [0, 0.1) is 6.92 Å². The van der Waals surface area contributed by atoms with Crippen molar-refractivity contribution in [3.05, 3.63) is 53.6 Å². The molecule has 0 saturated carbocycles. The van der Waals surface area contributed by atoms with Gasteiger partial charge in [-0.25, -0.2) is 0 Å². The van der Waals surface area contributed by atoms with Gasteiger partial charge in [-0.05, 0) is 42.3 Å². The van der Waals surface area contributed by atoms with E-state index < -0.39 is 0 Å². The van der Waals surface area contributed by atoms with E-state index in [1.54, 1.807) is 11.3 Å². The second-order valence-corrected chi connectivity index (χ2v) is 8.10. The van der Waals surface area contributed by atoms with Gasteiger partial charge in [0.05, 0.1) is 9.16 Å². The fourth-order valence-corrected chi connectivity index (χ4v) is 4.72. The van der Waals surface area contributed by atoms with Crippen LogP contribution in [0.5, 0.6) is 0 Å². The van der Waals surface area contributed by atoms with Crippen LogP contribution in [0.3, 0.4) is 0 Å². The van der Waals surface area contributed by atoms with E-state index in [9.17, 15) is 0 Å². The van der Waals surface area contributed by atoms with E-state index in [1.807, 2.05) is 13.0 Å². The fraction of sp³-hybridized carbons (Fsp3) is 0.167. The Labute approximate surface area is 135 Å². The van der Waals surface area contributed by atoms with Crippen LogP contribution in [0.25, 0.3) is 0 Å². The number of benzene rings is 1. The van der Waals surface area contributed by atoms with Crippen LogP contribution in [-0.2, 0) is 0 Å². The summed E-state index contributed by atoms with van der Waals surface area (Å²) in [5.41, 5.74) is 2.33. The van der Waals surface area contributed by atoms with Crippen molar-refractivity contribution >= 4 is 70.7 Å². The molecule has 0 amide bonds. The van der Waals surface area contributed by atoms with Crippen molar-refractivity contribution in [1.29, 1.82) is 0 Å². The molecule has 0 aliphatic carbocycles. The van der Waals surface area contributed by atoms with Gasteiger partial charge in [0, 0.05) is 13.8 Å². The molecule has 0 fully saturated rings.